The number of halogens is 1. The summed E-state index contributed by atoms with van der Waals surface area (Å²) in [6.45, 7) is 0.576. The van der Waals surface area contributed by atoms with E-state index < -0.39 is 0 Å². The third kappa shape index (κ3) is 4.07. The fourth-order valence-electron chi connectivity index (χ4n) is 2.06. The van der Waals surface area contributed by atoms with Gasteiger partial charge < -0.3 is 15.5 Å². The fourth-order valence-corrected chi connectivity index (χ4v) is 2.46. The Balaban J connectivity index is 1.95. The molecule has 0 radical (unpaired) electrons. The highest BCUT2D eigenvalue weighted by Gasteiger charge is 2.10. The Labute approximate surface area is 127 Å². The Kier molecular flexibility index (Phi) is 5.59. The average Bonchev–Trinajstić information content (AvgIpc) is 2.48. The number of benzene rings is 2. The predicted molar refractivity (Wildman–Crippen MR) is 83.7 cm³/mol. The molecule has 1 atom stereocenters. The molecule has 2 aromatic carbocycles. The molecule has 0 bridgehead atoms. The topological polar surface area (TPSA) is 52.5 Å². The minimum atomic E-state index is -0.0317. The summed E-state index contributed by atoms with van der Waals surface area (Å²) in [5.74, 6) is 0.247. The zero-order valence-electron chi connectivity index (χ0n) is 11.1. The molecule has 0 fully saturated rings. The smallest absolute Gasteiger partial charge is 0.134 e. The van der Waals surface area contributed by atoms with E-state index in [-0.39, 0.29) is 18.4 Å². The van der Waals surface area contributed by atoms with Gasteiger partial charge >= 0.3 is 0 Å². The summed E-state index contributed by atoms with van der Waals surface area (Å²) in [6, 6.07) is 15.6. The van der Waals surface area contributed by atoms with Crippen molar-refractivity contribution < 1.29 is 10.2 Å². The Bertz CT molecular complexity index is 545. The van der Waals surface area contributed by atoms with Crippen molar-refractivity contribution in [2.24, 2.45) is 0 Å². The Hall–Kier alpha value is -1.36. The second-order valence-corrected chi connectivity index (χ2v) is 5.55. The number of aliphatic hydroxyl groups excluding tert-OH is 1. The predicted octanol–water partition coefficient (Wildman–Crippen LogP) is 2.85. The van der Waals surface area contributed by atoms with Gasteiger partial charge in [0.2, 0.25) is 0 Å². The van der Waals surface area contributed by atoms with Gasteiger partial charge in [-0.2, -0.15) is 0 Å². The maximum absolute atomic E-state index is 9.92. The molecule has 106 valence electrons. The summed E-state index contributed by atoms with van der Waals surface area (Å²) < 4.78 is 0.681. The lowest BCUT2D eigenvalue weighted by atomic mass is 10.1. The molecular weight excluding hydrogens is 318 g/mol. The van der Waals surface area contributed by atoms with E-state index in [2.05, 4.69) is 21.2 Å². The van der Waals surface area contributed by atoms with Gasteiger partial charge in [-0.3, -0.25) is 0 Å². The van der Waals surface area contributed by atoms with Gasteiger partial charge in [0.05, 0.1) is 11.1 Å². The lowest BCUT2D eigenvalue weighted by Crippen LogP contribution is -2.34. The zero-order chi connectivity index (χ0) is 14.4. The standard InChI is InChI=1S/C16H18BrNO2/c17-15-8-4-7-13(16(15)20)10-18-14(11-19)9-12-5-2-1-3-6-12/h1-8,14,18-20H,9-11H2/t14-/m1/s1. The SMILES string of the molecule is OC[C@@H](Cc1ccccc1)NCc1cccc(Br)c1O. The van der Waals surface area contributed by atoms with Crippen molar-refractivity contribution in [1.82, 2.24) is 5.32 Å². The van der Waals surface area contributed by atoms with Gasteiger partial charge in [-0.15, -0.1) is 0 Å². The molecule has 0 saturated carbocycles. The van der Waals surface area contributed by atoms with E-state index in [0.29, 0.717) is 11.0 Å². The molecule has 3 N–H and O–H groups in total. The molecule has 2 rings (SSSR count). The molecule has 0 amide bonds. The van der Waals surface area contributed by atoms with Crippen LogP contribution in [0.1, 0.15) is 11.1 Å². The van der Waals surface area contributed by atoms with Gasteiger partial charge in [-0.05, 0) is 34.0 Å². The van der Waals surface area contributed by atoms with Crippen LogP contribution in [0.15, 0.2) is 53.0 Å². The number of rotatable bonds is 6. The molecule has 0 aliphatic carbocycles. The van der Waals surface area contributed by atoms with Crippen LogP contribution in [0.5, 0.6) is 5.75 Å². The van der Waals surface area contributed by atoms with E-state index in [1.165, 1.54) is 5.56 Å². The quantitative estimate of drug-likeness (QED) is 0.760. The van der Waals surface area contributed by atoms with Gasteiger partial charge in [-0.25, -0.2) is 0 Å². The Morgan fingerprint density at radius 3 is 2.50 bits per heavy atom. The minimum Gasteiger partial charge on any atom is -0.506 e. The van der Waals surface area contributed by atoms with Gasteiger partial charge in [0, 0.05) is 18.2 Å². The van der Waals surface area contributed by atoms with Crippen molar-refractivity contribution in [3.63, 3.8) is 0 Å². The second-order valence-electron chi connectivity index (χ2n) is 4.70. The molecule has 0 heterocycles. The van der Waals surface area contributed by atoms with Crippen LogP contribution in [-0.4, -0.2) is 22.9 Å². The van der Waals surface area contributed by atoms with Crippen molar-refractivity contribution >= 4 is 15.9 Å². The van der Waals surface area contributed by atoms with E-state index in [1.54, 1.807) is 6.07 Å². The molecule has 0 aromatic heterocycles. The van der Waals surface area contributed by atoms with Crippen LogP contribution in [0, 0.1) is 0 Å². The Morgan fingerprint density at radius 1 is 1.05 bits per heavy atom. The van der Waals surface area contributed by atoms with E-state index in [9.17, 15) is 10.2 Å². The number of aliphatic hydroxyl groups is 1. The zero-order valence-corrected chi connectivity index (χ0v) is 12.7. The molecule has 0 spiro atoms. The molecule has 0 aliphatic heterocycles. The maximum Gasteiger partial charge on any atom is 0.134 e. The van der Waals surface area contributed by atoms with E-state index in [1.807, 2.05) is 42.5 Å². The minimum absolute atomic E-state index is 0.0317. The molecule has 20 heavy (non-hydrogen) atoms. The first-order valence-corrected chi connectivity index (χ1v) is 7.34. The molecule has 0 unspecified atom stereocenters. The molecule has 4 heteroatoms. The summed E-state index contributed by atoms with van der Waals surface area (Å²) in [7, 11) is 0. The number of nitrogens with one attached hydrogen (secondary N) is 1. The van der Waals surface area contributed by atoms with E-state index in [4.69, 9.17) is 0 Å². The molecule has 3 nitrogen and oxygen atoms in total. The summed E-state index contributed by atoms with van der Waals surface area (Å²) in [6.07, 6.45) is 0.756. The van der Waals surface area contributed by atoms with Crippen LogP contribution >= 0.6 is 15.9 Å². The highest BCUT2D eigenvalue weighted by atomic mass is 79.9. The van der Waals surface area contributed by atoms with Crippen LogP contribution in [0.4, 0.5) is 0 Å². The van der Waals surface area contributed by atoms with Crippen LogP contribution in [0.2, 0.25) is 0 Å². The summed E-state index contributed by atoms with van der Waals surface area (Å²) in [5, 5.41) is 22.6. The lowest BCUT2D eigenvalue weighted by molar-refractivity contribution is 0.240. The Morgan fingerprint density at radius 2 is 1.80 bits per heavy atom. The first-order chi connectivity index (χ1) is 9.70. The average molecular weight is 336 g/mol. The van der Waals surface area contributed by atoms with Gasteiger partial charge in [0.15, 0.2) is 0 Å². The van der Waals surface area contributed by atoms with Crippen molar-refractivity contribution in [2.45, 2.75) is 19.0 Å². The number of hydrogen-bond acceptors (Lipinski definition) is 3. The van der Waals surface area contributed by atoms with E-state index in [0.717, 1.165) is 12.0 Å². The molecule has 0 saturated heterocycles. The van der Waals surface area contributed by atoms with Crippen LogP contribution in [-0.2, 0) is 13.0 Å². The van der Waals surface area contributed by atoms with Gasteiger partial charge in [-0.1, -0.05) is 42.5 Å². The first-order valence-electron chi connectivity index (χ1n) is 6.55. The number of hydrogen-bond donors (Lipinski definition) is 3. The summed E-state index contributed by atoms with van der Waals surface area (Å²) in [5.41, 5.74) is 1.99. The van der Waals surface area contributed by atoms with Gasteiger partial charge in [0.25, 0.3) is 0 Å². The van der Waals surface area contributed by atoms with Crippen molar-refractivity contribution in [2.75, 3.05) is 6.61 Å². The highest BCUT2D eigenvalue weighted by Crippen LogP contribution is 2.27. The van der Waals surface area contributed by atoms with Crippen LogP contribution in [0.25, 0.3) is 0 Å². The van der Waals surface area contributed by atoms with Crippen molar-refractivity contribution in [3.8, 4) is 5.75 Å². The number of aromatic hydroxyl groups is 1. The van der Waals surface area contributed by atoms with Crippen molar-refractivity contribution in [3.05, 3.63) is 64.1 Å². The fraction of sp³-hybridized carbons (Fsp3) is 0.250. The maximum atomic E-state index is 9.92. The monoisotopic (exact) mass is 335 g/mol. The largest absolute Gasteiger partial charge is 0.506 e. The molecule has 0 aliphatic rings. The van der Waals surface area contributed by atoms with Gasteiger partial charge in [0.1, 0.15) is 5.75 Å². The first kappa shape index (κ1) is 15.0. The second kappa shape index (κ2) is 7.43. The lowest BCUT2D eigenvalue weighted by Gasteiger charge is -2.17. The number of phenolic OH excluding ortho intramolecular Hbond substituents is 1. The highest BCUT2D eigenvalue weighted by molar-refractivity contribution is 9.10. The molecular formula is C16H18BrNO2. The summed E-state index contributed by atoms with van der Waals surface area (Å²) >= 11 is 3.30. The third-order valence-corrected chi connectivity index (χ3v) is 3.84. The van der Waals surface area contributed by atoms with Crippen molar-refractivity contribution in [1.29, 1.82) is 0 Å². The summed E-state index contributed by atoms with van der Waals surface area (Å²) in [4.78, 5) is 0. The van der Waals surface area contributed by atoms with Crippen LogP contribution in [0.3, 0.4) is 0 Å². The number of phenols is 1. The van der Waals surface area contributed by atoms with Crippen LogP contribution < -0.4 is 5.32 Å². The van der Waals surface area contributed by atoms with E-state index >= 15 is 0 Å². The number of para-hydroxylation sites is 1. The molecule has 2 aromatic rings. The third-order valence-electron chi connectivity index (χ3n) is 3.20. The normalized spacial score (nSPS) is 12.3.